The first-order chi connectivity index (χ1) is 14.8. The molecular formula is C24H30N4O2. The van der Waals surface area contributed by atoms with Crippen LogP contribution in [0.3, 0.4) is 0 Å². The third kappa shape index (κ3) is 3.67. The second-order valence-corrected chi connectivity index (χ2v) is 9.36. The van der Waals surface area contributed by atoms with Crippen molar-refractivity contribution < 1.29 is 9.47 Å². The largest absolute Gasteiger partial charge is 0.473 e. The molecule has 2 aromatic rings. The summed E-state index contributed by atoms with van der Waals surface area (Å²) >= 11 is 0. The van der Waals surface area contributed by atoms with Crippen molar-refractivity contribution in [2.45, 2.75) is 37.9 Å². The number of hydrogen-bond donors (Lipinski definition) is 0. The van der Waals surface area contributed by atoms with Crippen LogP contribution in [0.15, 0.2) is 36.7 Å². The van der Waals surface area contributed by atoms with Crippen molar-refractivity contribution in [1.29, 1.82) is 0 Å². The van der Waals surface area contributed by atoms with Gasteiger partial charge in [0.15, 0.2) is 0 Å². The van der Waals surface area contributed by atoms with E-state index < -0.39 is 0 Å². The average molecular weight is 407 g/mol. The van der Waals surface area contributed by atoms with Crippen LogP contribution in [0.4, 0.5) is 0 Å². The monoisotopic (exact) mass is 406 g/mol. The van der Waals surface area contributed by atoms with Gasteiger partial charge in [-0.05, 0) is 75.8 Å². The number of piperidine rings is 6. The van der Waals surface area contributed by atoms with Gasteiger partial charge in [-0.3, -0.25) is 9.80 Å². The molecule has 8 rings (SSSR count). The van der Waals surface area contributed by atoms with Gasteiger partial charge in [0, 0.05) is 48.7 Å². The zero-order chi connectivity index (χ0) is 19.9. The van der Waals surface area contributed by atoms with E-state index >= 15 is 0 Å². The van der Waals surface area contributed by atoms with Crippen LogP contribution in [0.1, 0.15) is 25.7 Å². The maximum Gasteiger partial charge on any atom is 0.213 e. The van der Waals surface area contributed by atoms with E-state index in [0.29, 0.717) is 11.8 Å². The Labute approximate surface area is 178 Å². The minimum absolute atomic E-state index is 0.287. The van der Waals surface area contributed by atoms with Gasteiger partial charge in [0.05, 0.1) is 0 Å². The highest BCUT2D eigenvalue weighted by Crippen LogP contribution is 2.32. The van der Waals surface area contributed by atoms with E-state index in [2.05, 4.69) is 31.9 Å². The van der Waals surface area contributed by atoms with E-state index in [1.807, 2.05) is 24.5 Å². The summed E-state index contributed by atoms with van der Waals surface area (Å²) in [5.41, 5.74) is 2.11. The molecule has 4 bridgehead atoms. The smallest absolute Gasteiger partial charge is 0.213 e. The lowest BCUT2D eigenvalue weighted by atomic mass is 9.86. The Morgan fingerprint density at radius 1 is 0.633 bits per heavy atom. The topological polar surface area (TPSA) is 50.7 Å². The lowest BCUT2D eigenvalue weighted by Crippen LogP contribution is -2.52. The second-order valence-electron chi connectivity index (χ2n) is 9.36. The lowest BCUT2D eigenvalue weighted by molar-refractivity contribution is -0.00999. The maximum absolute atomic E-state index is 6.22. The van der Waals surface area contributed by atoms with E-state index in [4.69, 9.17) is 9.47 Å². The van der Waals surface area contributed by atoms with Crippen molar-refractivity contribution in [1.82, 2.24) is 19.8 Å². The first-order valence-electron chi connectivity index (χ1n) is 11.5. The standard InChI is InChI=1S/C24H30N4O2/c1-3-23(29-21-15-27-9-5-17(21)6-10-27)25-13-19(1)20-2-4-24(26-14-20)30-22-16-28-11-7-18(22)8-12-28/h1-4,13-14,17-18,21-22H,5-12,15-16H2. The number of nitrogens with zero attached hydrogens (tertiary/aromatic N) is 4. The fourth-order valence-corrected chi connectivity index (χ4v) is 5.64. The number of fused-ring (bicyclic) bond motifs is 6. The Kier molecular flexibility index (Phi) is 4.84. The first-order valence-corrected chi connectivity index (χ1v) is 11.5. The number of ether oxygens (including phenoxy) is 2. The normalized spacial score (nSPS) is 34.7. The van der Waals surface area contributed by atoms with Gasteiger partial charge < -0.3 is 9.47 Å². The Morgan fingerprint density at radius 3 is 1.37 bits per heavy atom. The molecule has 0 saturated carbocycles. The van der Waals surface area contributed by atoms with Gasteiger partial charge in [0.25, 0.3) is 0 Å². The highest BCUT2D eigenvalue weighted by Gasteiger charge is 2.36. The van der Waals surface area contributed by atoms with Crippen molar-refractivity contribution in [3.8, 4) is 22.9 Å². The van der Waals surface area contributed by atoms with Crippen LogP contribution >= 0.6 is 0 Å². The number of hydrogen-bond acceptors (Lipinski definition) is 6. The molecule has 6 aliphatic rings. The molecule has 2 unspecified atom stereocenters. The van der Waals surface area contributed by atoms with Crippen molar-refractivity contribution in [3.05, 3.63) is 36.7 Å². The summed E-state index contributed by atoms with van der Waals surface area (Å²) in [7, 11) is 0. The number of aromatic nitrogens is 2. The van der Waals surface area contributed by atoms with Gasteiger partial charge in [0.1, 0.15) is 12.2 Å². The molecular weight excluding hydrogens is 376 g/mol. The van der Waals surface area contributed by atoms with E-state index in [-0.39, 0.29) is 12.2 Å². The molecule has 6 fully saturated rings. The highest BCUT2D eigenvalue weighted by molar-refractivity contribution is 5.61. The zero-order valence-corrected chi connectivity index (χ0v) is 17.4. The Hall–Kier alpha value is -2.18. The van der Waals surface area contributed by atoms with Crippen LogP contribution in [0.5, 0.6) is 11.8 Å². The number of rotatable bonds is 5. The highest BCUT2D eigenvalue weighted by atomic mass is 16.5. The van der Waals surface area contributed by atoms with E-state index in [1.165, 1.54) is 51.9 Å². The predicted octanol–water partition coefficient (Wildman–Crippen LogP) is 3.09. The van der Waals surface area contributed by atoms with E-state index in [1.54, 1.807) is 0 Å². The molecule has 0 radical (unpaired) electrons. The third-order valence-corrected chi connectivity index (χ3v) is 7.54. The summed E-state index contributed by atoms with van der Waals surface area (Å²) in [6.45, 7) is 6.98. The summed E-state index contributed by atoms with van der Waals surface area (Å²) in [6, 6.07) is 8.14. The molecule has 6 nitrogen and oxygen atoms in total. The quantitative estimate of drug-likeness (QED) is 0.761. The van der Waals surface area contributed by atoms with E-state index in [9.17, 15) is 0 Å². The summed E-state index contributed by atoms with van der Waals surface area (Å²) in [5.74, 6) is 2.83. The first kappa shape index (κ1) is 18.6. The molecule has 0 aromatic carbocycles. The Balaban J connectivity index is 1.09. The molecule has 6 saturated heterocycles. The predicted molar refractivity (Wildman–Crippen MR) is 115 cm³/mol. The fourth-order valence-electron chi connectivity index (χ4n) is 5.64. The molecule has 8 heterocycles. The Bertz CT molecular complexity index is 782. The molecule has 0 N–H and O–H groups in total. The van der Waals surface area contributed by atoms with Gasteiger partial charge in [-0.1, -0.05) is 0 Å². The molecule has 0 aliphatic carbocycles. The van der Waals surface area contributed by atoms with Crippen LogP contribution in [-0.4, -0.2) is 71.2 Å². The summed E-state index contributed by atoms with van der Waals surface area (Å²) < 4.78 is 12.4. The Morgan fingerprint density at radius 2 is 1.07 bits per heavy atom. The maximum atomic E-state index is 6.22. The van der Waals surface area contributed by atoms with Gasteiger partial charge >= 0.3 is 0 Å². The van der Waals surface area contributed by atoms with Crippen LogP contribution in [-0.2, 0) is 0 Å². The van der Waals surface area contributed by atoms with Crippen molar-refractivity contribution in [2.75, 3.05) is 39.3 Å². The molecule has 0 amide bonds. The molecule has 6 aliphatic heterocycles. The summed E-state index contributed by atoms with van der Waals surface area (Å²) in [6.07, 6.45) is 9.37. The zero-order valence-electron chi connectivity index (χ0n) is 17.4. The van der Waals surface area contributed by atoms with E-state index in [0.717, 1.165) is 36.0 Å². The van der Waals surface area contributed by atoms with Crippen LogP contribution in [0, 0.1) is 11.8 Å². The summed E-state index contributed by atoms with van der Waals surface area (Å²) in [4.78, 5) is 14.1. The van der Waals surface area contributed by atoms with Crippen LogP contribution in [0.2, 0.25) is 0 Å². The minimum Gasteiger partial charge on any atom is -0.473 e. The minimum atomic E-state index is 0.287. The lowest BCUT2D eigenvalue weighted by Gasteiger charge is -2.44. The van der Waals surface area contributed by atoms with Gasteiger partial charge in [-0.25, -0.2) is 9.97 Å². The molecule has 6 heteroatoms. The molecule has 0 spiro atoms. The average Bonchev–Trinajstić information content (AvgIpc) is 2.82. The van der Waals surface area contributed by atoms with Crippen molar-refractivity contribution in [3.63, 3.8) is 0 Å². The molecule has 2 atom stereocenters. The summed E-state index contributed by atoms with van der Waals surface area (Å²) in [5, 5.41) is 0. The SMILES string of the molecule is c1cc(OC2CN3CCC2CC3)ncc1-c1ccc(OC2CN3CCC2CC3)nc1. The third-order valence-electron chi connectivity index (χ3n) is 7.54. The number of pyridine rings is 2. The van der Waals surface area contributed by atoms with Crippen LogP contribution in [0.25, 0.3) is 11.1 Å². The van der Waals surface area contributed by atoms with Gasteiger partial charge in [0.2, 0.25) is 11.8 Å². The van der Waals surface area contributed by atoms with Gasteiger partial charge in [-0.2, -0.15) is 0 Å². The van der Waals surface area contributed by atoms with Crippen LogP contribution < -0.4 is 9.47 Å². The molecule has 2 aromatic heterocycles. The van der Waals surface area contributed by atoms with Crippen molar-refractivity contribution >= 4 is 0 Å². The fraction of sp³-hybridized carbons (Fsp3) is 0.583. The molecule has 30 heavy (non-hydrogen) atoms. The molecule has 158 valence electrons. The van der Waals surface area contributed by atoms with Crippen molar-refractivity contribution in [2.24, 2.45) is 11.8 Å². The second kappa shape index (κ2) is 7.82. The van der Waals surface area contributed by atoms with Gasteiger partial charge in [-0.15, -0.1) is 0 Å².